The van der Waals surface area contributed by atoms with Crippen molar-refractivity contribution in [3.05, 3.63) is 11.6 Å². The fourth-order valence-electron chi connectivity index (χ4n) is 1.08. The van der Waals surface area contributed by atoms with Crippen molar-refractivity contribution in [2.75, 3.05) is 0 Å². The minimum atomic E-state index is -0.372. The molecule has 0 saturated carbocycles. The number of aliphatic imine (C=N–C) groups is 1. The van der Waals surface area contributed by atoms with Crippen LogP contribution in [0.1, 0.15) is 13.8 Å². The number of rotatable bonds is 0. The first-order chi connectivity index (χ1) is 5.69. The Labute approximate surface area is 71.6 Å². The summed E-state index contributed by atoms with van der Waals surface area (Å²) in [6.45, 7) is 3.61. The Morgan fingerprint density at radius 2 is 2.17 bits per heavy atom. The molecule has 0 aromatic heterocycles. The molecule has 2 atom stereocenters. The topological polar surface area (TPSA) is 59.9 Å². The van der Waals surface area contributed by atoms with Crippen LogP contribution in [0.5, 0.6) is 0 Å². The molecule has 0 aromatic rings. The van der Waals surface area contributed by atoms with Crippen LogP contribution in [-0.4, -0.2) is 11.8 Å². The van der Waals surface area contributed by atoms with E-state index in [0.717, 1.165) is 0 Å². The standard InChI is InChI=1S/C9H8N3/c1-6-8(4-10)3-9(5-11)7(2)12-6/h6,8H,1-2H3. The normalized spacial score (nSPS) is 28.0. The number of nitriles is 2. The summed E-state index contributed by atoms with van der Waals surface area (Å²) in [6.07, 6.45) is 2.82. The highest BCUT2D eigenvalue weighted by Crippen LogP contribution is 2.17. The zero-order chi connectivity index (χ0) is 9.14. The molecule has 2 unspecified atom stereocenters. The van der Waals surface area contributed by atoms with E-state index in [-0.39, 0.29) is 12.0 Å². The molecule has 1 aliphatic rings. The van der Waals surface area contributed by atoms with Crippen LogP contribution in [0.3, 0.4) is 0 Å². The first-order valence-corrected chi connectivity index (χ1v) is 3.67. The third kappa shape index (κ3) is 1.35. The first kappa shape index (κ1) is 8.49. The Hall–Kier alpha value is -1.61. The highest BCUT2D eigenvalue weighted by molar-refractivity contribution is 6.01. The van der Waals surface area contributed by atoms with Gasteiger partial charge in [0.15, 0.2) is 0 Å². The zero-order valence-corrected chi connectivity index (χ0v) is 7.00. The molecular formula is C9H8N3. The molecule has 1 radical (unpaired) electrons. The molecule has 0 spiro atoms. The number of allylic oxidation sites excluding steroid dienone is 1. The maximum Gasteiger partial charge on any atom is 0.101 e. The summed E-state index contributed by atoms with van der Waals surface area (Å²) >= 11 is 0. The van der Waals surface area contributed by atoms with E-state index in [9.17, 15) is 0 Å². The van der Waals surface area contributed by atoms with E-state index < -0.39 is 0 Å². The fraction of sp³-hybridized carbons (Fsp3) is 0.444. The molecule has 0 aliphatic carbocycles. The monoisotopic (exact) mass is 158 g/mol. The van der Waals surface area contributed by atoms with Gasteiger partial charge in [0.05, 0.1) is 29.3 Å². The Kier molecular flexibility index (Phi) is 2.26. The van der Waals surface area contributed by atoms with E-state index in [1.807, 2.05) is 19.1 Å². The average Bonchev–Trinajstić information content (AvgIpc) is 2.05. The lowest BCUT2D eigenvalue weighted by Crippen LogP contribution is -2.20. The molecular weight excluding hydrogens is 150 g/mol. The van der Waals surface area contributed by atoms with Crippen molar-refractivity contribution >= 4 is 5.71 Å². The van der Waals surface area contributed by atoms with Gasteiger partial charge in [-0.1, -0.05) is 0 Å². The van der Waals surface area contributed by atoms with Gasteiger partial charge in [-0.2, -0.15) is 10.5 Å². The van der Waals surface area contributed by atoms with Crippen LogP contribution < -0.4 is 0 Å². The lowest BCUT2D eigenvalue weighted by molar-refractivity contribution is 0.624. The first-order valence-electron chi connectivity index (χ1n) is 3.67. The van der Waals surface area contributed by atoms with E-state index in [1.54, 1.807) is 6.92 Å². The maximum atomic E-state index is 8.66. The van der Waals surface area contributed by atoms with Crippen LogP contribution in [0.2, 0.25) is 0 Å². The van der Waals surface area contributed by atoms with Crippen LogP contribution in [0.4, 0.5) is 0 Å². The molecule has 3 nitrogen and oxygen atoms in total. The molecule has 59 valence electrons. The lowest BCUT2D eigenvalue weighted by Gasteiger charge is -2.15. The largest absolute Gasteiger partial charge is 0.284 e. The molecule has 0 fully saturated rings. The Morgan fingerprint density at radius 3 is 2.67 bits per heavy atom. The van der Waals surface area contributed by atoms with Gasteiger partial charge >= 0.3 is 0 Å². The molecule has 1 rings (SSSR count). The second-order valence-electron chi connectivity index (χ2n) is 2.69. The van der Waals surface area contributed by atoms with E-state index in [1.165, 1.54) is 0 Å². The summed E-state index contributed by atoms with van der Waals surface area (Å²) in [4.78, 5) is 4.16. The van der Waals surface area contributed by atoms with Gasteiger partial charge in [0, 0.05) is 0 Å². The highest BCUT2D eigenvalue weighted by Gasteiger charge is 2.20. The third-order valence-electron chi connectivity index (χ3n) is 1.79. The van der Waals surface area contributed by atoms with Crippen molar-refractivity contribution < 1.29 is 0 Å². The van der Waals surface area contributed by atoms with Gasteiger partial charge in [-0.3, -0.25) is 4.99 Å². The van der Waals surface area contributed by atoms with Crippen LogP contribution in [0.25, 0.3) is 0 Å². The highest BCUT2D eigenvalue weighted by atomic mass is 14.8. The summed E-state index contributed by atoms with van der Waals surface area (Å²) in [7, 11) is 0. The van der Waals surface area contributed by atoms with Crippen LogP contribution in [-0.2, 0) is 0 Å². The van der Waals surface area contributed by atoms with Gasteiger partial charge < -0.3 is 0 Å². The van der Waals surface area contributed by atoms with Crippen LogP contribution in [0, 0.1) is 34.7 Å². The van der Waals surface area contributed by atoms with Crippen molar-refractivity contribution in [2.45, 2.75) is 19.9 Å². The molecule has 0 N–H and O–H groups in total. The second kappa shape index (κ2) is 3.19. The summed E-state index contributed by atoms with van der Waals surface area (Å²) in [5.41, 5.74) is 1.08. The minimum absolute atomic E-state index is 0.0768. The predicted molar refractivity (Wildman–Crippen MR) is 44.0 cm³/mol. The van der Waals surface area contributed by atoms with Gasteiger partial charge in [0.2, 0.25) is 0 Å². The second-order valence-corrected chi connectivity index (χ2v) is 2.69. The van der Waals surface area contributed by atoms with Crippen molar-refractivity contribution in [1.82, 2.24) is 0 Å². The number of dihydropyridines is 1. The summed E-state index contributed by atoms with van der Waals surface area (Å²) in [5.74, 6) is -0.372. The Morgan fingerprint density at radius 1 is 1.50 bits per heavy atom. The smallest absolute Gasteiger partial charge is 0.101 e. The van der Waals surface area contributed by atoms with Crippen molar-refractivity contribution in [3.63, 3.8) is 0 Å². The van der Waals surface area contributed by atoms with Gasteiger partial charge in [0.25, 0.3) is 0 Å². The zero-order valence-electron chi connectivity index (χ0n) is 7.00. The quantitative estimate of drug-likeness (QED) is 0.532. The molecule has 0 aromatic carbocycles. The number of nitrogens with zero attached hydrogens (tertiary/aromatic N) is 3. The number of hydrogen-bond donors (Lipinski definition) is 0. The van der Waals surface area contributed by atoms with Crippen molar-refractivity contribution in [2.24, 2.45) is 10.9 Å². The SMILES string of the molecule is CC1=NC(C)C(C#N)[C]=C1C#N. The van der Waals surface area contributed by atoms with Crippen molar-refractivity contribution in [3.8, 4) is 12.1 Å². The molecule has 0 bridgehead atoms. The van der Waals surface area contributed by atoms with Gasteiger partial charge in [-0.05, 0) is 19.9 Å². The van der Waals surface area contributed by atoms with Gasteiger partial charge in [-0.25, -0.2) is 0 Å². The fourth-order valence-corrected chi connectivity index (χ4v) is 1.08. The molecule has 0 amide bonds. The molecule has 0 saturated heterocycles. The molecule has 3 heteroatoms. The lowest BCUT2D eigenvalue weighted by atomic mass is 9.95. The Bertz CT molecular complexity index is 325. The van der Waals surface area contributed by atoms with Crippen LogP contribution in [0.15, 0.2) is 10.6 Å². The van der Waals surface area contributed by atoms with E-state index in [4.69, 9.17) is 10.5 Å². The third-order valence-corrected chi connectivity index (χ3v) is 1.79. The number of hydrogen-bond acceptors (Lipinski definition) is 3. The van der Waals surface area contributed by atoms with Gasteiger partial charge in [-0.15, -0.1) is 0 Å². The summed E-state index contributed by atoms with van der Waals surface area (Å²) in [5, 5.41) is 17.3. The predicted octanol–water partition coefficient (Wildman–Crippen LogP) is 1.24. The molecule has 1 aliphatic heterocycles. The van der Waals surface area contributed by atoms with E-state index in [2.05, 4.69) is 11.1 Å². The van der Waals surface area contributed by atoms with E-state index >= 15 is 0 Å². The maximum absolute atomic E-state index is 8.66. The Balaban J connectivity index is 3.01. The average molecular weight is 158 g/mol. The summed E-state index contributed by atoms with van der Waals surface area (Å²) < 4.78 is 0. The summed E-state index contributed by atoms with van der Waals surface area (Å²) in [6, 6.07) is 3.93. The van der Waals surface area contributed by atoms with Gasteiger partial charge in [0.1, 0.15) is 6.07 Å². The molecule has 1 heterocycles. The van der Waals surface area contributed by atoms with Crippen LogP contribution >= 0.6 is 0 Å². The van der Waals surface area contributed by atoms with Crippen molar-refractivity contribution in [1.29, 1.82) is 10.5 Å². The molecule has 12 heavy (non-hydrogen) atoms. The minimum Gasteiger partial charge on any atom is -0.284 e. The van der Waals surface area contributed by atoms with E-state index in [0.29, 0.717) is 11.3 Å².